The first-order chi connectivity index (χ1) is 8.75. The zero-order valence-electron chi connectivity index (χ0n) is 9.89. The molecule has 2 aromatic carbocycles. The van der Waals surface area contributed by atoms with Gasteiger partial charge >= 0.3 is 0 Å². The molecule has 0 radical (unpaired) electrons. The number of halogens is 1. The highest BCUT2D eigenvalue weighted by Crippen LogP contribution is 2.31. The Kier molecular flexibility index (Phi) is 2.84. The number of nitrogens with zero attached hydrogens (tertiary/aromatic N) is 2. The fraction of sp³-hybridized carbons (Fsp3) is 0.0667. The third kappa shape index (κ3) is 1.91. The molecule has 1 heterocycles. The van der Waals surface area contributed by atoms with Crippen molar-refractivity contribution in [3.63, 3.8) is 0 Å². The van der Waals surface area contributed by atoms with Gasteiger partial charge in [0.1, 0.15) is 5.69 Å². The van der Waals surface area contributed by atoms with E-state index in [1.165, 1.54) is 5.56 Å². The van der Waals surface area contributed by atoms with Crippen molar-refractivity contribution < 1.29 is 0 Å². The van der Waals surface area contributed by atoms with Gasteiger partial charge in [0.2, 0.25) is 0 Å². The van der Waals surface area contributed by atoms with E-state index in [9.17, 15) is 0 Å². The van der Waals surface area contributed by atoms with E-state index in [2.05, 4.69) is 57.3 Å². The molecule has 88 valence electrons. The van der Waals surface area contributed by atoms with Crippen molar-refractivity contribution in [3.05, 3.63) is 58.6 Å². The number of benzene rings is 2. The lowest BCUT2D eigenvalue weighted by molar-refractivity contribution is 1.08. The van der Waals surface area contributed by atoms with Gasteiger partial charge in [-0.15, -0.1) is 10.2 Å². The van der Waals surface area contributed by atoms with Crippen LogP contribution in [0.15, 0.2) is 53.0 Å². The van der Waals surface area contributed by atoms with Gasteiger partial charge in [0.05, 0.1) is 9.99 Å². The largest absolute Gasteiger partial charge is 0.150 e. The van der Waals surface area contributed by atoms with E-state index in [1.54, 1.807) is 0 Å². The summed E-state index contributed by atoms with van der Waals surface area (Å²) in [4.78, 5) is 0. The smallest absolute Gasteiger partial charge is 0.108 e. The third-order valence-corrected chi connectivity index (χ3v) is 3.73. The second-order valence-electron chi connectivity index (χ2n) is 4.25. The van der Waals surface area contributed by atoms with Crippen molar-refractivity contribution in [2.75, 3.05) is 0 Å². The molecule has 0 atom stereocenters. The highest BCUT2D eigenvalue weighted by molar-refractivity contribution is 9.10. The normalized spacial score (nSPS) is 10.8. The second-order valence-corrected chi connectivity index (χ2v) is 5.04. The molecule has 18 heavy (non-hydrogen) atoms. The van der Waals surface area contributed by atoms with Crippen LogP contribution in [0, 0.1) is 6.92 Å². The summed E-state index contributed by atoms with van der Waals surface area (Å²) in [5.74, 6) is 0. The van der Waals surface area contributed by atoms with Gasteiger partial charge in [-0.2, -0.15) is 0 Å². The van der Waals surface area contributed by atoms with E-state index < -0.39 is 0 Å². The van der Waals surface area contributed by atoms with Crippen LogP contribution in [-0.2, 0) is 0 Å². The first kappa shape index (κ1) is 11.4. The minimum absolute atomic E-state index is 0.883. The molecule has 0 aliphatic rings. The Morgan fingerprint density at radius 2 is 1.61 bits per heavy atom. The maximum absolute atomic E-state index is 4.31. The molecule has 0 saturated heterocycles. The topological polar surface area (TPSA) is 25.8 Å². The first-order valence-corrected chi connectivity index (χ1v) is 6.53. The maximum atomic E-state index is 4.31. The van der Waals surface area contributed by atoms with Crippen molar-refractivity contribution in [3.8, 4) is 11.3 Å². The van der Waals surface area contributed by atoms with E-state index in [1.807, 2.05) is 24.3 Å². The molecule has 0 spiro atoms. The molecule has 0 saturated carbocycles. The Labute approximate surface area is 114 Å². The SMILES string of the molecule is Cc1ccc(-c2nnc3ccccc3c2Br)cc1. The Morgan fingerprint density at radius 3 is 2.39 bits per heavy atom. The number of aryl methyl sites for hydroxylation is 1. The van der Waals surface area contributed by atoms with Crippen molar-refractivity contribution in [1.29, 1.82) is 0 Å². The molecule has 3 aromatic rings. The molecule has 0 N–H and O–H groups in total. The molecular weight excluding hydrogens is 288 g/mol. The fourth-order valence-corrected chi connectivity index (χ4v) is 2.56. The van der Waals surface area contributed by atoms with Crippen LogP contribution in [-0.4, -0.2) is 10.2 Å². The van der Waals surface area contributed by atoms with Gasteiger partial charge in [-0.05, 0) is 28.9 Å². The molecule has 0 fully saturated rings. The highest BCUT2D eigenvalue weighted by Gasteiger charge is 2.09. The summed E-state index contributed by atoms with van der Waals surface area (Å²) in [6.07, 6.45) is 0. The minimum atomic E-state index is 0.883. The van der Waals surface area contributed by atoms with Crippen LogP contribution >= 0.6 is 15.9 Å². The van der Waals surface area contributed by atoms with Crippen LogP contribution in [0.25, 0.3) is 22.2 Å². The first-order valence-electron chi connectivity index (χ1n) is 5.73. The monoisotopic (exact) mass is 298 g/mol. The third-order valence-electron chi connectivity index (χ3n) is 2.93. The molecule has 2 nitrogen and oxygen atoms in total. The summed E-state index contributed by atoms with van der Waals surface area (Å²) in [7, 11) is 0. The van der Waals surface area contributed by atoms with Gasteiger partial charge in [0, 0.05) is 10.9 Å². The van der Waals surface area contributed by atoms with Crippen LogP contribution in [0.3, 0.4) is 0 Å². The standard InChI is InChI=1S/C15H11BrN2/c1-10-6-8-11(9-7-10)15-14(16)12-4-2-3-5-13(12)17-18-15/h2-9H,1H3. The summed E-state index contributed by atoms with van der Waals surface area (Å²) < 4.78 is 0.997. The van der Waals surface area contributed by atoms with Crippen LogP contribution in [0.1, 0.15) is 5.56 Å². The summed E-state index contributed by atoms with van der Waals surface area (Å²) in [6.45, 7) is 2.07. The Morgan fingerprint density at radius 1 is 0.889 bits per heavy atom. The van der Waals surface area contributed by atoms with Gasteiger partial charge < -0.3 is 0 Å². The van der Waals surface area contributed by atoms with Gasteiger partial charge in [-0.1, -0.05) is 48.0 Å². The lowest BCUT2D eigenvalue weighted by Crippen LogP contribution is -1.91. The van der Waals surface area contributed by atoms with E-state index in [-0.39, 0.29) is 0 Å². The molecule has 3 rings (SSSR count). The lowest BCUT2D eigenvalue weighted by atomic mass is 10.1. The van der Waals surface area contributed by atoms with Crippen LogP contribution in [0.2, 0.25) is 0 Å². The molecular formula is C15H11BrN2. The quantitative estimate of drug-likeness (QED) is 0.667. The second kappa shape index (κ2) is 4.50. The zero-order chi connectivity index (χ0) is 12.5. The molecule has 0 unspecified atom stereocenters. The summed E-state index contributed by atoms with van der Waals surface area (Å²) in [5, 5.41) is 9.66. The maximum Gasteiger partial charge on any atom is 0.108 e. The van der Waals surface area contributed by atoms with E-state index in [0.29, 0.717) is 0 Å². The molecule has 0 amide bonds. The molecule has 1 aromatic heterocycles. The highest BCUT2D eigenvalue weighted by atomic mass is 79.9. The van der Waals surface area contributed by atoms with Crippen LogP contribution in [0.5, 0.6) is 0 Å². The molecule has 0 aliphatic carbocycles. The number of hydrogen-bond donors (Lipinski definition) is 0. The Balaban J connectivity index is 2.24. The van der Waals surface area contributed by atoms with Crippen molar-refractivity contribution >= 4 is 26.8 Å². The fourth-order valence-electron chi connectivity index (χ4n) is 1.92. The predicted molar refractivity (Wildman–Crippen MR) is 77.4 cm³/mol. The Bertz CT molecular complexity index is 705. The van der Waals surface area contributed by atoms with E-state index in [0.717, 1.165) is 26.6 Å². The number of fused-ring (bicyclic) bond motifs is 1. The zero-order valence-corrected chi connectivity index (χ0v) is 11.5. The lowest BCUT2D eigenvalue weighted by Gasteiger charge is -2.06. The number of rotatable bonds is 1. The van der Waals surface area contributed by atoms with Gasteiger partial charge in [-0.3, -0.25) is 0 Å². The average molecular weight is 299 g/mol. The summed E-state index contributed by atoms with van der Waals surface area (Å²) in [5.41, 5.74) is 4.10. The number of aromatic nitrogens is 2. The summed E-state index contributed by atoms with van der Waals surface area (Å²) >= 11 is 3.63. The molecule has 0 aliphatic heterocycles. The van der Waals surface area contributed by atoms with Crippen molar-refractivity contribution in [2.24, 2.45) is 0 Å². The molecule has 3 heteroatoms. The van der Waals surface area contributed by atoms with Crippen LogP contribution in [0.4, 0.5) is 0 Å². The Hall–Kier alpha value is -1.74. The van der Waals surface area contributed by atoms with Gasteiger partial charge in [0.15, 0.2) is 0 Å². The number of hydrogen-bond acceptors (Lipinski definition) is 2. The van der Waals surface area contributed by atoms with E-state index in [4.69, 9.17) is 0 Å². The van der Waals surface area contributed by atoms with E-state index >= 15 is 0 Å². The average Bonchev–Trinajstić information content (AvgIpc) is 2.41. The van der Waals surface area contributed by atoms with Crippen molar-refractivity contribution in [2.45, 2.75) is 6.92 Å². The van der Waals surface area contributed by atoms with Gasteiger partial charge in [0.25, 0.3) is 0 Å². The predicted octanol–water partition coefficient (Wildman–Crippen LogP) is 4.37. The van der Waals surface area contributed by atoms with Crippen molar-refractivity contribution in [1.82, 2.24) is 10.2 Å². The summed E-state index contributed by atoms with van der Waals surface area (Å²) in [6, 6.07) is 16.3. The molecule has 0 bridgehead atoms. The van der Waals surface area contributed by atoms with Gasteiger partial charge in [-0.25, -0.2) is 0 Å². The van der Waals surface area contributed by atoms with Crippen LogP contribution < -0.4 is 0 Å². The minimum Gasteiger partial charge on any atom is -0.150 e.